The predicted octanol–water partition coefficient (Wildman–Crippen LogP) is 2.32. The van der Waals surface area contributed by atoms with Crippen LogP contribution in [-0.4, -0.2) is 16.2 Å². The lowest BCUT2D eigenvalue weighted by Crippen LogP contribution is -2.41. The highest BCUT2D eigenvalue weighted by Crippen LogP contribution is 2.35. The number of hydrogen-bond acceptors (Lipinski definition) is 3. The van der Waals surface area contributed by atoms with Crippen molar-refractivity contribution in [3.63, 3.8) is 0 Å². The molecule has 1 fully saturated rings. The minimum absolute atomic E-state index is 0.180. The van der Waals surface area contributed by atoms with E-state index in [9.17, 15) is 5.11 Å². The summed E-state index contributed by atoms with van der Waals surface area (Å²) in [7, 11) is 0. The third kappa shape index (κ3) is 2.00. The van der Waals surface area contributed by atoms with Crippen LogP contribution in [0.2, 0.25) is 0 Å². The minimum Gasteiger partial charge on any atom is -0.393 e. The number of benzene rings is 1. The monoisotopic (exact) mass is 242 g/mol. The first-order valence-corrected chi connectivity index (χ1v) is 6.50. The fourth-order valence-corrected chi connectivity index (χ4v) is 2.78. The Hall–Kier alpha value is -1.45. The third-order valence-electron chi connectivity index (χ3n) is 4.03. The van der Waals surface area contributed by atoms with Gasteiger partial charge in [-0.05, 0) is 43.4 Å². The zero-order chi connectivity index (χ0) is 12.6. The highest BCUT2D eigenvalue weighted by Gasteiger charge is 2.32. The number of nitrogens with zero attached hydrogens (tertiary/aromatic N) is 1. The van der Waals surface area contributed by atoms with E-state index in [0.29, 0.717) is 0 Å². The van der Waals surface area contributed by atoms with E-state index in [0.717, 1.165) is 42.1 Å². The number of nitrogens with two attached hydrogens (primary N) is 1. The SMILES string of the molecule is NC1(c2ccc3cccnc3c2)CCC(O)CC1. The second-order valence-electron chi connectivity index (χ2n) is 5.30. The van der Waals surface area contributed by atoms with Gasteiger partial charge in [0, 0.05) is 17.1 Å². The third-order valence-corrected chi connectivity index (χ3v) is 4.03. The van der Waals surface area contributed by atoms with Crippen molar-refractivity contribution in [1.82, 2.24) is 4.98 Å². The van der Waals surface area contributed by atoms with Crippen molar-refractivity contribution in [3.05, 3.63) is 42.1 Å². The maximum absolute atomic E-state index is 9.59. The quantitative estimate of drug-likeness (QED) is 0.806. The van der Waals surface area contributed by atoms with Gasteiger partial charge in [0.25, 0.3) is 0 Å². The van der Waals surface area contributed by atoms with Gasteiger partial charge >= 0.3 is 0 Å². The average molecular weight is 242 g/mol. The van der Waals surface area contributed by atoms with Crippen LogP contribution in [0.25, 0.3) is 10.9 Å². The molecule has 94 valence electrons. The van der Waals surface area contributed by atoms with Crippen molar-refractivity contribution in [3.8, 4) is 0 Å². The van der Waals surface area contributed by atoms with E-state index in [4.69, 9.17) is 5.73 Å². The van der Waals surface area contributed by atoms with Crippen molar-refractivity contribution in [2.24, 2.45) is 5.73 Å². The van der Waals surface area contributed by atoms with Crippen molar-refractivity contribution in [2.75, 3.05) is 0 Å². The Balaban J connectivity index is 1.98. The summed E-state index contributed by atoms with van der Waals surface area (Å²) in [6.07, 6.45) is 4.88. The largest absolute Gasteiger partial charge is 0.393 e. The first-order valence-electron chi connectivity index (χ1n) is 6.50. The summed E-state index contributed by atoms with van der Waals surface area (Å²) in [6, 6.07) is 10.3. The highest BCUT2D eigenvalue weighted by atomic mass is 16.3. The van der Waals surface area contributed by atoms with Crippen molar-refractivity contribution >= 4 is 10.9 Å². The van der Waals surface area contributed by atoms with Crippen LogP contribution in [0, 0.1) is 0 Å². The lowest BCUT2D eigenvalue weighted by atomic mass is 9.76. The molecule has 1 heterocycles. The molecule has 0 atom stereocenters. The molecule has 3 heteroatoms. The van der Waals surface area contributed by atoms with Gasteiger partial charge in [0.1, 0.15) is 0 Å². The lowest BCUT2D eigenvalue weighted by molar-refractivity contribution is 0.0969. The molecule has 1 aromatic heterocycles. The molecule has 0 radical (unpaired) electrons. The van der Waals surface area contributed by atoms with Crippen LogP contribution < -0.4 is 5.73 Å². The fraction of sp³-hybridized carbons (Fsp3) is 0.400. The van der Waals surface area contributed by atoms with Crippen LogP contribution in [0.15, 0.2) is 36.5 Å². The molecular formula is C15H18N2O. The topological polar surface area (TPSA) is 59.1 Å². The van der Waals surface area contributed by atoms with E-state index in [-0.39, 0.29) is 11.6 Å². The number of aromatic nitrogens is 1. The minimum atomic E-state index is -0.301. The molecule has 18 heavy (non-hydrogen) atoms. The van der Waals surface area contributed by atoms with Gasteiger partial charge in [-0.15, -0.1) is 0 Å². The van der Waals surface area contributed by atoms with Crippen molar-refractivity contribution in [1.29, 1.82) is 0 Å². The number of hydrogen-bond donors (Lipinski definition) is 2. The van der Waals surface area contributed by atoms with Gasteiger partial charge in [-0.2, -0.15) is 0 Å². The molecule has 0 bridgehead atoms. The Kier molecular flexibility index (Phi) is 2.80. The Morgan fingerprint density at radius 2 is 2.00 bits per heavy atom. The fourth-order valence-electron chi connectivity index (χ4n) is 2.78. The summed E-state index contributed by atoms with van der Waals surface area (Å²) in [5, 5.41) is 10.7. The molecule has 2 aromatic rings. The Labute approximate surface area is 107 Å². The van der Waals surface area contributed by atoms with E-state index >= 15 is 0 Å². The molecule has 3 N–H and O–H groups in total. The summed E-state index contributed by atoms with van der Waals surface area (Å²) in [5.74, 6) is 0. The number of fused-ring (bicyclic) bond motifs is 1. The molecule has 3 nitrogen and oxygen atoms in total. The molecule has 0 unspecified atom stereocenters. The Morgan fingerprint density at radius 3 is 2.78 bits per heavy atom. The predicted molar refractivity (Wildman–Crippen MR) is 72.1 cm³/mol. The number of aliphatic hydroxyl groups is 1. The van der Waals surface area contributed by atoms with E-state index in [1.807, 2.05) is 6.07 Å². The van der Waals surface area contributed by atoms with Gasteiger partial charge in [-0.25, -0.2) is 0 Å². The molecule has 1 saturated carbocycles. The lowest BCUT2D eigenvalue weighted by Gasteiger charge is -2.36. The normalized spacial score (nSPS) is 28.4. The van der Waals surface area contributed by atoms with E-state index in [1.165, 1.54) is 0 Å². The van der Waals surface area contributed by atoms with Crippen LogP contribution in [0.4, 0.5) is 0 Å². The molecular weight excluding hydrogens is 224 g/mol. The maximum Gasteiger partial charge on any atom is 0.0705 e. The number of pyridine rings is 1. The smallest absolute Gasteiger partial charge is 0.0705 e. The van der Waals surface area contributed by atoms with Gasteiger partial charge in [0.15, 0.2) is 0 Å². The highest BCUT2D eigenvalue weighted by molar-refractivity contribution is 5.79. The van der Waals surface area contributed by atoms with E-state index in [1.54, 1.807) is 6.20 Å². The van der Waals surface area contributed by atoms with Crippen molar-refractivity contribution < 1.29 is 5.11 Å². The molecule has 0 aliphatic heterocycles. The maximum atomic E-state index is 9.59. The molecule has 3 rings (SSSR count). The zero-order valence-corrected chi connectivity index (χ0v) is 10.3. The van der Waals surface area contributed by atoms with E-state index in [2.05, 4.69) is 29.2 Å². The summed E-state index contributed by atoms with van der Waals surface area (Å²) < 4.78 is 0. The molecule has 0 spiro atoms. The molecule has 1 aromatic carbocycles. The molecule has 1 aliphatic rings. The Bertz CT molecular complexity index is 559. The first kappa shape index (κ1) is 11.6. The van der Waals surface area contributed by atoms with Crippen LogP contribution in [0.5, 0.6) is 0 Å². The van der Waals surface area contributed by atoms with Gasteiger partial charge in [-0.1, -0.05) is 18.2 Å². The van der Waals surface area contributed by atoms with Crippen LogP contribution >= 0.6 is 0 Å². The number of rotatable bonds is 1. The van der Waals surface area contributed by atoms with E-state index < -0.39 is 0 Å². The average Bonchev–Trinajstić information content (AvgIpc) is 2.42. The standard InChI is InChI=1S/C15H18N2O/c16-15(7-5-13(18)6-8-15)12-4-3-11-2-1-9-17-14(11)10-12/h1-4,9-10,13,18H,5-8,16H2. The molecule has 0 saturated heterocycles. The molecule has 0 amide bonds. The number of aliphatic hydroxyl groups excluding tert-OH is 1. The summed E-state index contributed by atoms with van der Waals surface area (Å²) in [6.45, 7) is 0. The van der Waals surface area contributed by atoms with Crippen LogP contribution in [0.3, 0.4) is 0 Å². The first-order chi connectivity index (χ1) is 8.67. The van der Waals surface area contributed by atoms with Gasteiger partial charge in [-0.3, -0.25) is 4.98 Å². The second kappa shape index (κ2) is 4.34. The Morgan fingerprint density at radius 1 is 1.22 bits per heavy atom. The summed E-state index contributed by atoms with van der Waals surface area (Å²) in [4.78, 5) is 4.38. The van der Waals surface area contributed by atoms with Gasteiger partial charge in [0.05, 0.1) is 11.6 Å². The van der Waals surface area contributed by atoms with Crippen LogP contribution in [0.1, 0.15) is 31.2 Å². The van der Waals surface area contributed by atoms with Crippen LogP contribution in [-0.2, 0) is 5.54 Å². The van der Waals surface area contributed by atoms with Crippen molar-refractivity contribution in [2.45, 2.75) is 37.3 Å². The van der Waals surface area contributed by atoms with Gasteiger partial charge < -0.3 is 10.8 Å². The summed E-state index contributed by atoms with van der Waals surface area (Å²) in [5.41, 5.74) is 8.33. The summed E-state index contributed by atoms with van der Waals surface area (Å²) >= 11 is 0. The molecule has 1 aliphatic carbocycles. The zero-order valence-electron chi connectivity index (χ0n) is 10.3. The second-order valence-corrected chi connectivity index (χ2v) is 5.30. The van der Waals surface area contributed by atoms with Gasteiger partial charge in [0.2, 0.25) is 0 Å².